The Labute approximate surface area is 181 Å². The van der Waals surface area contributed by atoms with Crippen LogP contribution in [0.3, 0.4) is 0 Å². The third-order valence-corrected chi connectivity index (χ3v) is 4.92. The van der Waals surface area contributed by atoms with Gasteiger partial charge in [0.05, 0.1) is 0 Å². The van der Waals surface area contributed by atoms with Crippen LogP contribution in [0.5, 0.6) is 5.75 Å². The number of hydrogen-bond acceptors (Lipinski definition) is 3. The van der Waals surface area contributed by atoms with Gasteiger partial charge in [0, 0.05) is 22.6 Å². The van der Waals surface area contributed by atoms with Gasteiger partial charge in [0.1, 0.15) is 11.8 Å². The van der Waals surface area contributed by atoms with Crippen LogP contribution < -0.4 is 10.1 Å². The molecule has 0 aliphatic carbocycles. The molecule has 0 spiro atoms. The summed E-state index contributed by atoms with van der Waals surface area (Å²) in [7, 11) is 0. The number of hydrogen-bond donors (Lipinski definition) is 1. The van der Waals surface area contributed by atoms with Gasteiger partial charge in [-0.2, -0.15) is 0 Å². The normalized spacial score (nSPS) is 11.8. The van der Waals surface area contributed by atoms with E-state index >= 15 is 0 Å². The molecular weight excluding hydrogens is 411 g/mol. The Balaban J connectivity index is 2.18. The van der Waals surface area contributed by atoms with E-state index in [-0.39, 0.29) is 31.0 Å². The molecule has 2 rings (SSSR count). The van der Waals surface area contributed by atoms with Gasteiger partial charge in [-0.3, -0.25) is 9.59 Å². The van der Waals surface area contributed by atoms with Crippen molar-refractivity contribution in [1.82, 2.24) is 10.2 Å². The van der Waals surface area contributed by atoms with Gasteiger partial charge in [0.2, 0.25) is 5.91 Å². The summed E-state index contributed by atoms with van der Waals surface area (Å²) >= 11 is 12.2. The van der Waals surface area contributed by atoms with Crippen molar-refractivity contribution in [2.24, 2.45) is 0 Å². The average molecular weight is 437 g/mol. The van der Waals surface area contributed by atoms with Crippen LogP contribution in [0, 0.1) is 6.92 Å². The summed E-state index contributed by atoms with van der Waals surface area (Å²) in [5, 5.41) is 3.78. The van der Waals surface area contributed by atoms with Gasteiger partial charge in [0.25, 0.3) is 5.91 Å². The zero-order chi connectivity index (χ0) is 21.6. The van der Waals surface area contributed by atoms with Crippen LogP contribution in [0.4, 0.5) is 0 Å². The van der Waals surface area contributed by atoms with Crippen molar-refractivity contribution in [2.45, 2.75) is 46.3 Å². The van der Waals surface area contributed by atoms with Gasteiger partial charge < -0.3 is 15.0 Å². The molecule has 0 radical (unpaired) electrons. The number of amides is 2. The molecule has 1 unspecified atom stereocenters. The first-order chi connectivity index (χ1) is 13.7. The molecule has 0 saturated carbocycles. The number of aryl methyl sites for hydroxylation is 1. The third kappa shape index (κ3) is 6.94. The van der Waals surface area contributed by atoms with E-state index in [1.165, 1.54) is 4.90 Å². The summed E-state index contributed by atoms with van der Waals surface area (Å²) in [4.78, 5) is 26.9. The molecule has 0 aliphatic rings. The molecule has 0 aliphatic heterocycles. The van der Waals surface area contributed by atoms with E-state index in [1.807, 2.05) is 32.9 Å². The molecule has 156 valence electrons. The Morgan fingerprint density at radius 2 is 1.72 bits per heavy atom. The molecule has 0 fully saturated rings. The second kappa shape index (κ2) is 10.5. The van der Waals surface area contributed by atoms with E-state index in [4.69, 9.17) is 27.9 Å². The lowest BCUT2D eigenvalue weighted by atomic mass is 10.1. The molecule has 0 saturated heterocycles. The Kier molecular flexibility index (Phi) is 8.35. The summed E-state index contributed by atoms with van der Waals surface area (Å²) < 4.78 is 5.62. The first-order valence-corrected chi connectivity index (χ1v) is 10.2. The number of ether oxygens (including phenoxy) is 1. The van der Waals surface area contributed by atoms with Crippen molar-refractivity contribution >= 4 is 35.0 Å². The van der Waals surface area contributed by atoms with Crippen molar-refractivity contribution < 1.29 is 14.3 Å². The highest BCUT2D eigenvalue weighted by Crippen LogP contribution is 2.23. The Morgan fingerprint density at radius 3 is 2.31 bits per heavy atom. The molecule has 0 bridgehead atoms. The number of benzene rings is 2. The van der Waals surface area contributed by atoms with Gasteiger partial charge in [0.15, 0.2) is 6.61 Å². The minimum atomic E-state index is -0.696. The van der Waals surface area contributed by atoms with Gasteiger partial charge in [-0.15, -0.1) is 0 Å². The summed E-state index contributed by atoms with van der Waals surface area (Å²) in [6.07, 6.45) is 0. The smallest absolute Gasteiger partial charge is 0.261 e. The van der Waals surface area contributed by atoms with Crippen LogP contribution in [0.2, 0.25) is 10.0 Å². The Morgan fingerprint density at radius 1 is 1.07 bits per heavy atom. The Bertz CT molecular complexity index is 854. The van der Waals surface area contributed by atoms with Crippen LogP contribution in [-0.4, -0.2) is 35.4 Å². The minimum absolute atomic E-state index is 0.0372. The predicted molar refractivity (Wildman–Crippen MR) is 116 cm³/mol. The van der Waals surface area contributed by atoms with E-state index in [0.29, 0.717) is 21.4 Å². The average Bonchev–Trinajstić information content (AvgIpc) is 2.65. The van der Waals surface area contributed by atoms with Gasteiger partial charge in [-0.05, 0) is 57.5 Å². The molecule has 2 aromatic rings. The zero-order valence-corrected chi connectivity index (χ0v) is 18.6. The second-order valence-corrected chi connectivity index (χ2v) is 8.04. The summed E-state index contributed by atoms with van der Waals surface area (Å²) in [6.45, 7) is 7.37. The summed E-state index contributed by atoms with van der Waals surface area (Å²) in [5.41, 5.74) is 1.80. The van der Waals surface area contributed by atoms with Gasteiger partial charge in [-0.1, -0.05) is 47.0 Å². The highest BCUT2D eigenvalue weighted by Gasteiger charge is 2.27. The lowest BCUT2D eigenvalue weighted by Gasteiger charge is -2.29. The minimum Gasteiger partial charge on any atom is -0.484 e. The predicted octanol–water partition coefficient (Wildman–Crippen LogP) is 4.62. The highest BCUT2D eigenvalue weighted by atomic mass is 35.5. The van der Waals surface area contributed by atoms with Gasteiger partial charge in [-0.25, -0.2) is 0 Å². The fourth-order valence-corrected chi connectivity index (χ4v) is 3.15. The molecular formula is C22H26Cl2N2O3. The van der Waals surface area contributed by atoms with Crippen molar-refractivity contribution in [3.63, 3.8) is 0 Å². The fourth-order valence-electron chi connectivity index (χ4n) is 2.68. The SMILES string of the molecule is Cc1ccc(OCC(=O)N(Cc2ccc(Cl)cc2Cl)C(C)C(=O)NC(C)C)cc1. The Hall–Kier alpha value is -2.24. The van der Waals surface area contributed by atoms with Crippen LogP contribution in [0.15, 0.2) is 42.5 Å². The number of carbonyl (C=O) groups is 2. The third-order valence-electron chi connectivity index (χ3n) is 4.34. The van der Waals surface area contributed by atoms with Crippen molar-refractivity contribution in [2.75, 3.05) is 6.61 Å². The van der Waals surface area contributed by atoms with Crippen molar-refractivity contribution in [1.29, 1.82) is 0 Å². The number of carbonyl (C=O) groups excluding carboxylic acids is 2. The second-order valence-electron chi connectivity index (χ2n) is 7.20. The van der Waals surface area contributed by atoms with E-state index in [0.717, 1.165) is 5.56 Å². The molecule has 0 aromatic heterocycles. The monoisotopic (exact) mass is 436 g/mol. The fraction of sp³-hybridized carbons (Fsp3) is 0.364. The van der Waals surface area contributed by atoms with Crippen LogP contribution >= 0.6 is 23.2 Å². The molecule has 0 heterocycles. The van der Waals surface area contributed by atoms with E-state index in [9.17, 15) is 9.59 Å². The van der Waals surface area contributed by atoms with Crippen LogP contribution in [-0.2, 0) is 16.1 Å². The van der Waals surface area contributed by atoms with E-state index in [2.05, 4.69) is 5.32 Å². The largest absolute Gasteiger partial charge is 0.484 e. The molecule has 29 heavy (non-hydrogen) atoms. The number of halogens is 2. The molecule has 2 amide bonds. The molecule has 1 atom stereocenters. The lowest BCUT2D eigenvalue weighted by Crippen LogP contribution is -2.50. The van der Waals surface area contributed by atoms with Crippen LogP contribution in [0.25, 0.3) is 0 Å². The molecule has 2 aromatic carbocycles. The number of nitrogens with zero attached hydrogens (tertiary/aromatic N) is 1. The van der Waals surface area contributed by atoms with E-state index in [1.54, 1.807) is 37.3 Å². The molecule has 5 nitrogen and oxygen atoms in total. The first-order valence-electron chi connectivity index (χ1n) is 9.40. The topological polar surface area (TPSA) is 58.6 Å². The van der Waals surface area contributed by atoms with Crippen molar-refractivity contribution in [3.05, 3.63) is 63.6 Å². The number of rotatable bonds is 8. The quantitative estimate of drug-likeness (QED) is 0.656. The van der Waals surface area contributed by atoms with Crippen LogP contribution in [0.1, 0.15) is 31.9 Å². The molecule has 7 heteroatoms. The highest BCUT2D eigenvalue weighted by molar-refractivity contribution is 6.35. The molecule has 1 N–H and O–H groups in total. The number of nitrogens with one attached hydrogen (secondary N) is 1. The van der Waals surface area contributed by atoms with Crippen molar-refractivity contribution in [3.8, 4) is 5.75 Å². The summed E-state index contributed by atoms with van der Waals surface area (Å²) in [6, 6.07) is 11.8. The first kappa shape index (κ1) is 23.0. The lowest BCUT2D eigenvalue weighted by molar-refractivity contribution is -0.142. The maximum atomic E-state index is 12.9. The summed E-state index contributed by atoms with van der Waals surface area (Å²) in [5.74, 6) is 0.0319. The zero-order valence-electron chi connectivity index (χ0n) is 17.0. The standard InChI is InChI=1S/C22H26Cl2N2O3/c1-14(2)25-22(28)16(4)26(12-17-7-8-18(23)11-20(17)24)21(27)13-29-19-9-5-15(3)6-10-19/h5-11,14,16H,12-13H2,1-4H3,(H,25,28). The maximum absolute atomic E-state index is 12.9. The van der Waals surface area contributed by atoms with Gasteiger partial charge >= 0.3 is 0 Å². The maximum Gasteiger partial charge on any atom is 0.261 e. The van der Waals surface area contributed by atoms with E-state index < -0.39 is 6.04 Å².